The summed E-state index contributed by atoms with van der Waals surface area (Å²) < 4.78 is 46.4. The number of rotatable bonds is 5. The SMILES string of the molecule is O[C@@H]([C@@H]1O[C@H]1COCc1ccccc1)C(F)(F)F. The second-order valence-corrected chi connectivity index (χ2v) is 4.13. The zero-order chi connectivity index (χ0) is 13.2. The van der Waals surface area contributed by atoms with Gasteiger partial charge in [0.25, 0.3) is 0 Å². The molecule has 1 aliphatic heterocycles. The van der Waals surface area contributed by atoms with Crippen molar-refractivity contribution in [3.63, 3.8) is 0 Å². The molecular weight excluding hydrogens is 249 g/mol. The lowest BCUT2D eigenvalue weighted by atomic mass is 10.2. The molecule has 0 bridgehead atoms. The summed E-state index contributed by atoms with van der Waals surface area (Å²) in [5, 5.41) is 8.91. The van der Waals surface area contributed by atoms with Gasteiger partial charge in [-0.15, -0.1) is 0 Å². The van der Waals surface area contributed by atoms with E-state index in [2.05, 4.69) is 0 Å². The first-order valence-corrected chi connectivity index (χ1v) is 5.50. The third-order valence-electron chi connectivity index (χ3n) is 2.66. The number of hydrogen-bond acceptors (Lipinski definition) is 3. The van der Waals surface area contributed by atoms with Crippen LogP contribution >= 0.6 is 0 Å². The van der Waals surface area contributed by atoms with Gasteiger partial charge in [0.15, 0.2) is 6.10 Å². The summed E-state index contributed by atoms with van der Waals surface area (Å²) in [6.07, 6.45) is -8.94. The largest absolute Gasteiger partial charge is 0.417 e. The molecule has 0 aliphatic carbocycles. The predicted molar refractivity (Wildman–Crippen MR) is 56.8 cm³/mol. The maximum Gasteiger partial charge on any atom is 0.417 e. The van der Waals surface area contributed by atoms with Gasteiger partial charge in [0.2, 0.25) is 0 Å². The summed E-state index contributed by atoms with van der Waals surface area (Å²) in [7, 11) is 0. The van der Waals surface area contributed by atoms with Crippen LogP contribution in [0.4, 0.5) is 13.2 Å². The van der Waals surface area contributed by atoms with Gasteiger partial charge in [0.1, 0.15) is 12.2 Å². The minimum absolute atomic E-state index is 0.0483. The van der Waals surface area contributed by atoms with Crippen molar-refractivity contribution in [1.29, 1.82) is 0 Å². The van der Waals surface area contributed by atoms with Gasteiger partial charge in [0, 0.05) is 0 Å². The molecule has 0 saturated carbocycles. The standard InChI is InChI=1S/C12H13F3O3/c13-12(14,15)11(16)10-9(18-10)7-17-6-8-4-2-1-3-5-8/h1-5,9-11,16H,6-7H2/t9-,10+,11-/m0/s1. The fourth-order valence-electron chi connectivity index (χ4n) is 1.62. The zero-order valence-electron chi connectivity index (χ0n) is 9.43. The van der Waals surface area contributed by atoms with E-state index < -0.39 is 24.5 Å². The summed E-state index contributed by atoms with van der Waals surface area (Å²) in [6.45, 7) is 0.363. The van der Waals surface area contributed by atoms with E-state index in [1.54, 1.807) is 0 Å². The highest BCUT2D eigenvalue weighted by Crippen LogP contribution is 2.34. The minimum Gasteiger partial charge on any atom is -0.381 e. The summed E-state index contributed by atoms with van der Waals surface area (Å²) in [5.41, 5.74) is 0.936. The van der Waals surface area contributed by atoms with E-state index in [0.717, 1.165) is 5.56 Å². The van der Waals surface area contributed by atoms with E-state index in [9.17, 15) is 13.2 Å². The molecule has 0 amide bonds. The van der Waals surface area contributed by atoms with Gasteiger partial charge in [-0.25, -0.2) is 0 Å². The van der Waals surface area contributed by atoms with Crippen LogP contribution < -0.4 is 0 Å². The molecule has 100 valence electrons. The van der Waals surface area contributed by atoms with Crippen molar-refractivity contribution in [2.45, 2.75) is 31.1 Å². The highest BCUT2D eigenvalue weighted by Gasteiger charge is 2.55. The fourth-order valence-corrected chi connectivity index (χ4v) is 1.62. The summed E-state index contributed by atoms with van der Waals surface area (Å²) in [4.78, 5) is 0. The van der Waals surface area contributed by atoms with Gasteiger partial charge in [-0.05, 0) is 5.56 Å². The van der Waals surface area contributed by atoms with Gasteiger partial charge in [-0.2, -0.15) is 13.2 Å². The second-order valence-electron chi connectivity index (χ2n) is 4.13. The first-order valence-electron chi connectivity index (χ1n) is 5.50. The molecule has 1 heterocycles. The molecule has 0 aromatic heterocycles. The van der Waals surface area contributed by atoms with Crippen LogP contribution in [0.5, 0.6) is 0 Å². The molecule has 3 nitrogen and oxygen atoms in total. The molecular formula is C12H13F3O3. The van der Waals surface area contributed by atoms with Crippen LogP contribution in [0.2, 0.25) is 0 Å². The fraction of sp³-hybridized carbons (Fsp3) is 0.500. The Morgan fingerprint density at radius 1 is 1.28 bits per heavy atom. The zero-order valence-corrected chi connectivity index (χ0v) is 9.43. The van der Waals surface area contributed by atoms with Crippen LogP contribution in [0, 0.1) is 0 Å². The Bertz CT molecular complexity index is 380. The number of hydrogen-bond donors (Lipinski definition) is 1. The Hall–Kier alpha value is -1.11. The van der Waals surface area contributed by atoms with E-state index in [1.807, 2.05) is 30.3 Å². The van der Waals surface area contributed by atoms with Gasteiger partial charge in [0.05, 0.1) is 13.2 Å². The van der Waals surface area contributed by atoms with Gasteiger partial charge in [-0.1, -0.05) is 30.3 Å². The molecule has 0 spiro atoms. The maximum absolute atomic E-state index is 12.1. The monoisotopic (exact) mass is 262 g/mol. The highest BCUT2D eigenvalue weighted by molar-refractivity contribution is 5.13. The molecule has 1 aromatic rings. The van der Waals surface area contributed by atoms with Crippen molar-refractivity contribution in [2.75, 3.05) is 6.61 Å². The molecule has 1 saturated heterocycles. The van der Waals surface area contributed by atoms with Crippen LogP contribution in [0.25, 0.3) is 0 Å². The predicted octanol–water partition coefficient (Wildman–Crippen LogP) is 1.89. The third-order valence-corrected chi connectivity index (χ3v) is 2.66. The van der Waals surface area contributed by atoms with Crippen LogP contribution in [-0.2, 0) is 16.1 Å². The highest BCUT2D eigenvalue weighted by atomic mass is 19.4. The smallest absolute Gasteiger partial charge is 0.381 e. The number of aliphatic hydroxyl groups excluding tert-OH is 1. The van der Waals surface area contributed by atoms with Crippen LogP contribution in [0.1, 0.15) is 5.56 Å². The Balaban J connectivity index is 1.68. The van der Waals surface area contributed by atoms with Gasteiger partial charge < -0.3 is 14.6 Å². The lowest BCUT2D eigenvalue weighted by molar-refractivity contribution is -0.208. The number of halogens is 3. The summed E-state index contributed by atoms with van der Waals surface area (Å²) in [5.74, 6) is 0. The Kier molecular flexibility index (Phi) is 3.89. The molecule has 6 heteroatoms. The van der Waals surface area contributed by atoms with E-state index in [4.69, 9.17) is 14.6 Å². The molecule has 0 radical (unpaired) electrons. The maximum atomic E-state index is 12.1. The molecule has 1 fully saturated rings. The van der Waals surface area contributed by atoms with Crippen LogP contribution in [0.3, 0.4) is 0 Å². The van der Waals surface area contributed by atoms with Gasteiger partial charge in [-0.3, -0.25) is 0 Å². The van der Waals surface area contributed by atoms with E-state index in [0.29, 0.717) is 6.61 Å². The van der Waals surface area contributed by atoms with Crippen molar-refractivity contribution >= 4 is 0 Å². The van der Waals surface area contributed by atoms with Crippen LogP contribution in [-0.4, -0.2) is 36.2 Å². The van der Waals surface area contributed by atoms with Crippen molar-refractivity contribution in [3.05, 3.63) is 35.9 Å². The van der Waals surface area contributed by atoms with Crippen molar-refractivity contribution < 1.29 is 27.8 Å². The van der Waals surface area contributed by atoms with Gasteiger partial charge >= 0.3 is 6.18 Å². The van der Waals surface area contributed by atoms with Crippen molar-refractivity contribution in [3.8, 4) is 0 Å². The number of alkyl halides is 3. The second kappa shape index (κ2) is 5.26. The Morgan fingerprint density at radius 2 is 1.94 bits per heavy atom. The average Bonchev–Trinajstić information content (AvgIpc) is 3.08. The molecule has 18 heavy (non-hydrogen) atoms. The van der Waals surface area contributed by atoms with Crippen molar-refractivity contribution in [2.24, 2.45) is 0 Å². The van der Waals surface area contributed by atoms with E-state index in [-0.39, 0.29) is 6.61 Å². The third kappa shape index (κ3) is 3.44. The molecule has 3 atom stereocenters. The molecule has 1 aliphatic rings. The van der Waals surface area contributed by atoms with Crippen molar-refractivity contribution in [1.82, 2.24) is 0 Å². The number of epoxide rings is 1. The average molecular weight is 262 g/mol. The molecule has 0 unspecified atom stereocenters. The summed E-state index contributed by atoms with van der Waals surface area (Å²) >= 11 is 0. The van der Waals surface area contributed by atoms with E-state index in [1.165, 1.54) is 0 Å². The Labute approximate surface area is 102 Å². The number of aliphatic hydroxyl groups is 1. The normalized spacial score (nSPS) is 24.9. The molecule has 1 N–H and O–H groups in total. The van der Waals surface area contributed by atoms with E-state index >= 15 is 0 Å². The molecule has 2 rings (SSSR count). The molecule has 1 aromatic carbocycles. The topological polar surface area (TPSA) is 42.0 Å². The summed E-state index contributed by atoms with van der Waals surface area (Å²) in [6, 6.07) is 9.28. The first-order chi connectivity index (χ1) is 8.48. The quantitative estimate of drug-likeness (QED) is 0.824. The van der Waals surface area contributed by atoms with Crippen LogP contribution in [0.15, 0.2) is 30.3 Å². The lowest BCUT2D eigenvalue weighted by Crippen LogP contribution is -2.35. The number of ether oxygens (including phenoxy) is 2. The lowest BCUT2D eigenvalue weighted by Gasteiger charge is -2.11. The first kappa shape index (κ1) is 13.3. The minimum atomic E-state index is -4.64. The number of benzene rings is 1. The Morgan fingerprint density at radius 3 is 2.56 bits per heavy atom.